The predicted molar refractivity (Wildman–Crippen MR) is 78.7 cm³/mol. The van der Waals surface area contributed by atoms with Gasteiger partial charge in [-0.15, -0.1) is 0 Å². The highest BCUT2D eigenvalue weighted by Gasteiger charge is 2.26. The van der Waals surface area contributed by atoms with Crippen molar-refractivity contribution < 1.29 is 0 Å². The monoisotopic (exact) mass is 271 g/mol. The van der Waals surface area contributed by atoms with Crippen LogP contribution < -0.4 is 5.32 Å². The molecule has 2 aromatic heterocycles. The van der Waals surface area contributed by atoms with E-state index in [4.69, 9.17) is 0 Å². The van der Waals surface area contributed by atoms with Gasteiger partial charge in [0.1, 0.15) is 12.7 Å². The Labute approximate surface area is 119 Å². The van der Waals surface area contributed by atoms with Gasteiger partial charge in [0.25, 0.3) is 0 Å². The maximum Gasteiger partial charge on any atom is 0.155 e. The molecule has 2 aromatic rings. The van der Waals surface area contributed by atoms with E-state index in [9.17, 15) is 0 Å². The van der Waals surface area contributed by atoms with Crippen LogP contribution in [0.15, 0.2) is 31.0 Å². The summed E-state index contributed by atoms with van der Waals surface area (Å²) in [7, 11) is 0. The zero-order chi connectivity index (χ0) is 13.9. The molecule has 3 unspecified atom stereocenters. The molecule has 1 saturated carbocycles. The molecule has 1 aliphatic carbocycles. The normalized spacial score (nSPS) is 26.4. The van der Waals surface area contributed by atoms with Gasteiger partial charge >= 0.3 is 0 Å². The highest BCUT2D eigenvalue weighted by molar-refractivity contribution is 5.44. The summed E-state index contributed by atoms with van der Waals surface area (Å²) in [5.74, 6) is 2.29. The molecule has 1 N–H and O–H groups in total. The fourth-order valence-electron chi connectivity index (χ4n) is 2.93. The first-order valence-corrected chi connectivity index (χ1v) is 7.31. The Balaban J connectivity index is 1.69. The lowest BCUT2D eigenvalue weighted by atomic mass is 9.78. The van der Waals surface area contributed by atoms with Crippen LogP contribution in [-0.2, 0) is 0 Å². The van der Waals surface area contributed by atoms with Crippen molar-refractivity contribution in [1.29, 1.82) is 0 Å². The molecule has 3 rings (SSSR count). The minimum atomic E-state index is 0.553. The molecule has 0 saturated heterocycles. The summed E-state index contributed by atoms with van der Waals surface area (Å²) in [6.45, 7) is 4.70. The summed E-state index contributed by atoms with van der Waals surface area (Å²) in [5.41, 5.74) is 1.08. The molecule has 0 spiro atoms. The van der Waals surface area contributed by atoms with Gasteiger partial charge in [0.2, 0.25) is 0 Å². The molecule has 0 bridgehead atoms. The van der Waals surface area contributed by atoms with Crippen LogP contribution in [0.25, 0.3) is 5.82 Å². The second-order valence-electron chi connectivity index (χ2n) is 5.76. The molecular formula is C15H21N5. The smallest absolute Gasteiger partial charge is 0.155 e. The third kappa shape index (κ3) is 2.66. The van der Waals surface area contributed by atoms with Crippen LogP contribution in [0.2, 0.25) is 0 Å². The van der Waals surface area contributed by atoms with Crippen LogP contribution in [0, 0.1) is 11.8 Å². The summed E-state index contributed by atoms with van der Waals surface area (Å²) in [4.78, 5) is 8.36. The van der Waals surface area contributed by atoms with Crippen molar-refractivity contribution in [2.24, 2.45) is 11.8 Å². The van der Waals surface area contributed by atoms with Gasteiger partial charge in [0, 0.05) is 6.04 Å². The van der Waals surface area contributed by atoms with Gasteiger partial charge in [-0.3, -0.25) is 0 Å². The van der Waals surface area contributed by atoms with Crippen LogP contribution in [0.4, 0.5) is 5.69 Å². The minimum absolute atomic E-state index is 0.553. The van der Waals surface area contributed by atoms with Gasteiger partial charge < -0.3 is 5.32 Å². The van der Waals surface area contributed by atoms with E-state index in [2.05, 4.69) is 40.3 Å². The van der Waals surface area contributed by atoms with Crippen LogP contribution in [0.1, 0.15) is 33.1 Å². The number of anilines is 1. The fourth-order valence-corrected chi connectivity index (χ4v) is 2.93. The Morgan fingerprint density at radius 3 is 2.85 bits per heavy atom. The van der Waals surface area contributed by atoms with Gasteiger partial charge in [-0.1, -0.05) is 26.7 Å². The average Bonchev–Trinajstić information content (AvgIpc) is 2.99. The van der Waals surface area contributed by atoms with Crippen molar-refractivity contribution in [2.45, 2.75) is 39.2 Å². The van der Waals surface area contributed by atoms with Crippen molar-refractivity contribution in [3.63, 3.8) is 0 Å². The third-order valence-electron chi connectivity index (χ3n) is 4.46. The molecule has 2 heterocycles. The van der Waals surface area contributed by atoms with E-state index < -0.39 is 0 Å². The van der Waals surface area contributed by atoms with E-state index in [1.165, 1.54) is 25.6 Å². The Morgan fingerprint density at radius 2 is 2.15 bits per heavy atom. The average molecular weight is 271 g/mol. The largest absolute Gasteiger partial charge is 0.381 e. The van der Waals surface area contributed by atoms with E-state index in [1.807, 2.05) is 12.3 Å². The van der Waals surface area contributed by atoms with Crippen molar-refractivity contribution in [2.75, 3.05) is 5.32 Å². The number of aromatic nitrogens is 4. The van der Waals surface area contributed by atoms with Crippen molar-refractivity contribution >= 4 is 5.69 Å². The minimum Gasteiger partial charge on any atom is -0.381 e. The predicted octanol–water partition coefficient (Wildman–Crippen LogP) is 2.90. The Hall–Kier alpha value is -1.91. The number of nitrogens with zero attached hydrogens (tertiary/aromatic N) is 4. The van der Waals surface area contributed by atoms with Crippen LogP contribution >= 0.6 is 0 Å². The Bertz CT molecular complexity index is 534. The lowest BCUT2D eigenvalue weighted by molar-refractivity contribution is 0.253. The van der Waals surface area contributed by atoms with Crippen LogP contribution in [0.3, 0.4) is 0 Å². The maximum atomic E-state index is 4.43. The van der Waals surface area contributed by atoms with Crippen molar-refractivity contribution in [1.82, 2.24) is 19.7 Å². The lowest BCUT2D eigenvalue weighted by Crippen LogP contribution is -2.35. The number of nitrogens with one attached hydrogen (secondary N) is 1. The van der Waals surface area contributed by atoms with Gasteiger partial charge in [-0.05, 0) is 30.4 Å². The van der Waals surface area contributed by atoms with Gasteiger partial charge in [-0.25, -0.2) is 14.6 Å². The molecule has 20 heavy (non-hydrogen) atoms. The number of hydrogen-bond acceptors (Lipinski definition) is 4. The number of rotatable bonds is 3. The molecule has 1 fully saturated rings. The lowest BCUT2D eigenvalue weighted by Gasteiger charge is -2.35. The first-order chi connectivity index (χ1) is 9.74. The highest BCUT2D eigenvalue weighted by Crippen LogP contribution is 2.31. The zero-order valence-electron chi connectivity index (χ0n) is 12.0. The Kier molecular flexibility index (Phi) is 3.67. The number of hydrogen-bond donors (Lipinski definition) is 1. The second-order valence-corrected chi connectivity index (χ2v) is 5.76. The maximum absolute atomic E-state index is 4.43. The fraction of sp³-hybridized carbons (Fsp3) is 0.533. The van der Waals surface area contributed by atoms with Crippen molar-refractivity contribution in [3.8, 4) is 5.82 Å². The first-order valence-electron chi connectivity index (χ1n) is 7.31. The van der Waals surface area contributed by atoms with Crippen LogP contribution in [0.5, 0.6) is 0 Å². The van der Waals surface area contributed by atoms with E-state index in [0.29, 0.717) is 12.0 Å². The third-order valence-corrected chi connectivity index (χ3v) is 4.46. The summed E-state index contributed by atoms with van der Waals surface area (Å²) in [6.07, 6.45) is 8.95. The molecule has 106 valence electrons. The molecule has 3 atom stereocenters. The summed E-state index contributed by atoms with van der Waals surface area (Å²) in [5, 5.41) is 7.70. The second kappa shape index (κ2) is 5.61. The van der Waals surface area contributed by atoms with E-state index in [0.717, 1.165) is 17.4 Å². The topological polar surface area (TPSA) is 55.6 Å². The highest BCUT2D eigenvalue weighted by atomic mass is 15.3. The molecule has 0 radical (unpaired) electrons. The quantitative estimate of drug-likeness (QED) is 0.932. The first kappa shape index (κ1) is 13.1. The van der Waals surface area contributed by atoms with Gasteiger partial charge in [0.15, 0.2) is 5.82 Å². The summed E-state index contributed by atoms with van der Waals surface area (Å²) in [6, 6.07) is 4.59. The van der Waals surface area contributed by atoms with Gasteiger partial charge in [0.05, 0.1) is 11.9 Å². The summed E-state index contributed by atoms with van der Waals surface area (Å²) < 4.78 is 1.66. The zero-order valence-corrected chi connectivity index (χ0v) is 12.0. The van der Waals surface area contributed by atoms with E-state index in [1.54, 1.807) is 11.0 Å². The molecular weight excluding hydrogens is 250 g/mol. The SMILES string of the molecule is CC1CCCC(Nc2ccc(-n3cncn3)nc2)C1C. The molecule has 1 aliphatic rings. The molecule has 5 heteroatoms. The summed E-state index contributed by atoms with van der Waals surface area (Å²) >= 11 is 0. The van der Waals surface area contributed by atoms with E-state index >= 15 is 0 Å². The van der Waals surface area contributed by atoms with Gasteiger partial charge in [-0.2, -0.15) is 5.10 Å². The van der Waals surface area contributed by atoms with E-state index in [-0.39, 0.29) is 0 Å². The molecule has 0 aromatic carbocycles. The molecule has 0 aliphatic heterocycles. The number of pyridine rings is 1. The molecule has 5 nitrogen and oxygen atoms in total. The standard InChI is InChI=1S/C15H21N5/c1-11-4-3-5-14(12(11)2)19-13-6-7-15(17-8-13)20-10-16-9-18-20/h6-12,14,19H,3-5H2,1-2H3. The molecule has 0 amide bonds. The Morgan fingerprint density at radius 1 is 1.25 bits per heavy atom. The van der Waals surface area contributed by atoms with Crippen LogP contribution in [-0.4, -0.2) is 25.8 Å². The van der Waals surface area contributed by atoms with Crippen molar-refractivity contribution in [3.05, 3.63) is 31.0 Å².